The Morgan fingerprint density at radius 1 is 0.794 bits per heavy atom. The van der Waals surface area contributed by atoms with Crippen LogP contribution in [-0.2, 0) is 16.1 Å². The van der Waals surface area contributed by atoms with Crippen molar-refractivity contribution in [2.45, 2.75) is 115 Å². The summed E-state index contributed by atoms with van der Waals surface area (Å²) in [4.78, 5) is 12.5. The van der Waals surface area contributed by atoms with Crippen molar-refractivity contribution in [2.24, 2.45) is 0 Å². The molecule has 2 aromatic rings. The molecule has 1 aliphatic rings. The summed E-state index contributed by atoms with van der Waals surface area (Å²) in [6.45, 7) is 2.83. The Morgan fingerprint density at radius 2 is 1.44 bits per heavy atom. The lowest BCUT2D eigenvalue weighted by Crippen LogP contribution is -2.28. The third kappa shape index (κ3) is 9.52. The zero-order valence-corrected chi connectivity index (χ0v) is 21.2. The second-order valence-electron chi connectivity index (χ2n) is 9.84. The van der Waals surface area contributed by atoms with Crippen LogP contribution in [0.5, 0.6) is 5.75 Å². The smallest absolute Gasteiger partial charge is 0.306 e. The van der Waals surface area contributed by atoms with E-state index in [4.69, 9.17) is 9.47 Å². The van der Waals surface area contributed by atoms with Crippen LogP contribution in [-0.4, -0.2) is 12.1 Å². The zero-order chi connectivity index (χ0) is 23.8. The quantitative estimate of drug-likeness (QED) is 0.195. The number of esters is 1. The summed E-state index contributed by atoms with van der Waals surface area (Å²) in [7, 11) is 0. The van der Waals surface area contributed by atoms with Crippen LogP contribution in [0.25, 0.3) is 0 Å². The van der Waals surface area contributed by atoms with Crippen LogP contribution in [0.3, 0.4) is 0 Å². The van der Waals surface area contributed by atoms with Gasteiger partial charge in [0.05, 0.1) is 0 Å². The van der Waals surface area contributed by atoms with E-state index >= 15 is 0 Å². The molecule has 2 aromatic carbocycles. The summed E-state index contributed by atoms with van der Waals surface area (Å²) >= 11 is 0. The van der Waals surface area contributed by atoms with Crippen LogP contribution in [0.4, 0.5) is 0 Å². The third-order valence-corrected chi connectivity index (χ3v) is 7.03. The van der Waals surface area contributed by atoms with E-state index < -0.39 is 0 Å². The maximum atomic E-state index is 12.5. The molecule has 1 fully saturated rings. The minimum atomic E-state index is -0.0114. The minimum Gasteiger partial charge on any atom is -0.489 e. The normalized spacial score (nSPS) is 17.9. The zero-order valence-electron chi connectivity index (χ0n) is 21.2. The molecule has 3 rings (SSSR count). The summed E-state index contributed by atoms with van der Waals surface area (Å²) in [6.07, 6.45) is 16.3. The number of hydrogen-bond donors (Lipinski definition) is 0. The van der Waals surface area contributed by atoms with Crippen LogP contribution >= 0.6 is 0 Å². The molecule has 0 saturated heterocycles. The number of unbranched alkanes of at least 4 members (excludes halogenated alkanes) is 8. The predicted octanol–water partition coefficient (Wildman–Crippen LogP) is 8.76. The van der Waals surface area contributed by atoms with Crippen LogP contribution in [0.1, 0.15) is 114 Å². The van der Waals surface area contributed by atoms with Gasteiger partial charge in [-0.25, -0.2) is 0 Å². The van der Waals surface area contributed by atoms with Crippen LogP contribution in [0.2, 0.25) is 0 Å². The standard InChI is InChI=1S/C31H44O3/c1-2-3-4-5-6-7-8-9-13-20-31(32)34-30-19-15-14-18-29(30)27-21-23-28(24-22-27)33-25-26-16-11-10-12-17-26/h10-12,16-17,21-24,29-30H,2-9,13-15,18-20,25H2,1H3/t29-,30+/m0/s1. The van der Waals surface area contributed by atoms with Crippen molar-refractivity contribution in [3.05, 3.63) is 65.7 Å². The summed E-state index contributed by atoms with van der Waals surface area (Å²) in [6, 6.07) is 18.6. The van der Waals surface area contributed by atoms with Crippen molar-refractivity contribution < 1.29 is 14.3 Å². The van der Waals surface area contributed by atoms with Gasteiger partial charge in [0.15, 0.2) is 0 Å². The molecule has 0 unspecified atom stereocenters. The van der Waals surface area contributed by atoms with Crippen molar-refractivity contribution in [1.29, 1.82) is 0 Å². The fraction of sp³-hybridized carbons (Fsp3) is 0.581. The first-order chi connectivity index (χ1) is 16.8. The number of benzene rings is 2. The maximum Gasteiger partial charge on any atom is 0.306 e. The number of carbonyl (C=O) groups is 1. The fourth-order valence-electron chi connectivity index (χ4n) is 4.98. The van der Waals surface area contributed by atoms with Gasteiger partial charge in [-0.05, 0) is 48.9 Å². The Bertz CT molecular complexity index is 799. The lowest BCUT2D eigenvalue weighted by molar-refractivity contribution is -0.151. The van der Waals surface area contributed by atoms with Gasteiger partial charge in [-0.15, -0.1) is 0 Å². The Kier molecular flexibility index (Phi) is 12.1. The number of ether oxygens (including phenoxy) is 2. The molecule has 0 heterocycles. The Morgan fingerprint density at radius 3 is 2.15 bits per heavy atom. The number of hydrogen-bond acceptors (Lipinski definition) is 3. The summed E-state index contributed by atoms with van der Waals surface area (Å²) < 4.78 is 11.9. The largest absolute Gasteiger partial charge is 0.489 e. The molecule has 0 spiro atoms. The van der Waals surface area contributed by atoms with Gasteiger partial charge in [-0.3, -0.25) is 4.79 Å². The molecule has 0 N–H and O–H groups in total. The third-order valence-electron chi connectivity index (χ3n) is 7.03. The second-order valence-corrected chi connectivity index (χ2v) is 9.84. The van der Waals surface area contributed by atoms with E-state index in [-0.39, 0.29) is 12.1 Å². The molecule has 3 heteroatoms. The maximum absolute atomic E-state index is 12.5. The van der Waals surface area contributed by atoms with Crippen LogP contribution in [0, 0.1) is 0 Å². The molecule has 0 aromatic heterocycles. The van der Waals surface area contributed by atoms with Gasteiger partial charge in [0.1, 0.15) is 18.5 Å². The molecular weight excluding hydrogens is 420 g/mol. The van der Waals surface area contributed by atoms with Crippen LogP contribution in [0.15, 0.2) is 54.6 Å². The van der Waals surface area contributed by atoms with Crippen LogP contribution < -0.4 is 4.74 Å². The first-order valence-corrected chi connectivity index (χ1v) is 13.7. The Balaban J connectivity index is 1.38. The number of carbonyl (C=O) groups excluding carboxylic acids is 1. The van der Waals surface area contributed by atoms with Gasteiger partial charge in [-0.2, -0.15) is 0 Å². The van der Waals surface area contributed by atoms with Crippen molar-refractivity contribution in [3.8, 4) is 5.75 Å². The lowest BCUT2D eigenvalue weighted by Gasteiger charge is -2.31. The van der Waals surface area contributed by atoms with E-state index in [1.165, 1.54) is 56.9 Å². The molecule has 1 aliphatic carbocycles. The molecule has 34 heavy (non-hydrogen) atoms. The molecule has 186 valence electrons. The molecule has 0 amide bonds. The topological polar surface area (TPSA) is 35.5 Å². The molecule has 0 aliphatic heterocycles. The van der Waals surface area contributed by atoms with E-state index in [1.807, 2.05) is 30.3 Å². The highest BCUT2D eigenvalue weighted by Gasteiger charge is 2.29. The molecule has 1 saturated carbocycles. The molecule has 0 bridgehead atoms. The first kappa shape index (κ1) is 26.3. The second kappa shape index (κ2) is 15.6. The van der Waals surface area contributed by atoms with E-state index in [1.54, 1.807) is 0 Å². The van der Waals surface area contributed by atoms with Gasteiger partial charge >= 0.3 is 5.97 Å². The van der Waals surface area contributed by atoms with Crippen molar-refractivity contribution >= 4 is 5.97 Å². The minimum absolute atomic E-state index is 0.0101. The van der Waals surface area contributed by atoms with Gasteiger partial charge < -0.3 is 9.47 Å². The van der Waals surface area contributed by atoms with E-state index in [0.29, 0.717) is 18.9 Å². The van der Waals surface area contributed by atoms with Crippen molar-refractivity contribution in [3.63, 3.8) is 0 Å². The van der Waals surface area contributed by atoms with E-state index in [9.17, 15) is 4.79 Å². The Hall–Kier alpha value is -2.29. The SMILES string of the molecule is CCCCCCCCCCCC(=O)O[C@@H]1CCCC[C@H]1c1ccc(OCc2ccccc2)cc1. The van der Waals surface area contributed by atoms with Gasteiger partial charge in [-0.1, -0.05) is 107 Å². The average Bonchev–Trinajstić information content (AvgIpc) is 2.88. The molecule has 3 nitrogen and oxygen atoms in total. The van der Waals surface area contributed by atoms with Gasteiger partial charge in [0, 0.05) is 12.3 Å². The summed E-state index contributed by atoms with van der Waals surface area (Å²) in [5.41, 5.74) is 2.42. The van der Waals surface area contributed by atoms with E-state index in [2.05, 4.69) is 31.2 Å². The van der Waals surface area contributed by atoms with Crippen molar-refractivity contribution in [2.75, 3.05) is 0 Å². The lowest BCUT2D eigenvalue weighted by atomic mass is 9.81. The van der Waals surface area contributed by atoms with Gasteiger partial charge in [0.25, 0.3) is 0 Å². The molecule has 0 radical (unpaired) electrons. The van der Waals surface area contributed by atoms with Crippen molar-refractivity contribution in [1.82, 2.24) is 0 Å². The Labute approximate surface area is 207 Å². The monoisotopic (exact) mass is 464 g/mol. The predicted molar refractivity (Wildman–Crippen MR) is 140 cm³/mol. The highest BCUT2D eigenvalue weighted by Crippen LogP contribution is 2.36. The highest BCUT2D eigenvalue weighted by molar-refractivity contribution is 5.69. The summed E-state index contributed by atoms with van der Waals surface area (Å²) in [5.74, 6) is 1.16. The summed E-state index contributed by atoms with van der Waals surface area (Å²) in [5, 5.41) is 0. The fourth-order valence-corrected chi connectivity index (χ4v) is 4.98. The molecule has 2 atom stereocenters. The number of rotatable bonds is 15. The average molecular weight is 465 g/mol. The molecular formula is C31H44O3. The van der Waals surface area contributed by atoms with Gasteiger partial charge in [0.2, 0.25) is 0 Å². The van der Waals surface area contributed by atoms with E-state index in [0.717, 1.165) is 43.4 Å². The highest BCUT2D eigenvalue weighted by atomic mass is 16.5. The first-order valence-electron chi connectivity index (χ1n) is 13.7.